The van der Waals surface area contributed by atoms with Gasteiger partial charge in [-0.05, 0) is 26.8 Å². The van der Waals surface area contributed by atoms with Crippen LogP contribution in [0.25, 0.3) is 0 Å². The molecule has 0 saturated carbocycles. The van der Waals surface area contributed by atoms with E-state index in [9.17, 15) is 14.2 Å². The van der Waals surface area contributed by atoms with Crippen molar-refractivity contribution in [2.75, 3.05) is 0 Å². The number of alkyl halides is 1. The second kappa shape index (κ2) is 5.94. The van der Waals surface area contributed by atoms with Gasteiger partial charge in [-0.25, -0.2) is 0 Å². The highest BCUT2D eigenvalue weighted by molar-refractivity contribution is 7.40. The van der Waals surface area contributed by atoms with E-state index >= 15 is 0 Å². The lowest BCUT2D eigenvalue weighted by atomic mass is 10.1. The van der Waals surface area contributed by atoms with Crippen LogP contribution < -0.4 is 0 Å². The van der Waals surface area contributed by atoms with Gasteiger partial charge in [-0.15, -0.1) is 16.5 Å². The van der Waals surface area contributed by atoms with Crippen molar-refractivity contribution < 1.29 is 28.5 Å². The molecular weight excluding hydrogens is 289 g/mol. The molecule has 6 nitrogen and oxygen atoms in total. The van der Waals surface area contributed by atoms with E-state index in [-0.39, 0.29) is 11.4 Å². The van der Waals surface area contributed by atoms with Crippen LogP contribution in [-0.4, -0.2) is 14.9 Å². The molecule has 0 aliphatic rings. The Bertz CT molecular complexity index is 453. The molecule has 0 heterocycles. The molecule has 0 saturated heterocycles. The van der Waals surface area contributed by atoms with Crippen molar-refractivity contribution in [1.29, 1.82) is 0 Å². The fraction of sp³-hybridized carbons (Fsp3) is 0.250. The van der Waals surface area contributed by atoms with E-state index < -0.39 is 21.8 Å². The summed E-state index contributed by atoms with van der Waals surface area (Å²) in [4.78, 5) is 17.6. The molecule has 0 spiro atoms. The van der Waals surface area contributed by atoms with Crippen LogP contribution in [0.3, 0.4) is 0 Å². The third-order valence-corrected chi connectivity index (χ3v) is 3.66. The molecule has 0 radical (unpaired) electrons. The standard InChI is InChI=1S/C8H7ClO6P2/c9-5-6-2-1-3-7(4-6)8(10,16(11)12)15-17(13)14/h1-4,10H,5H2/p+2. The highest BCUT2D eigenvalue weighted by Crippen LogP contribution is 2.48. The second-order valence-electron chi connectivity index (χ2n) is 3.04. The summed E-state index contributed by atoms with van der Waals surface area (Å²) >= 11 is 5.57. The SMILES string of the molecule is O=[P+](O)OC(O)(c1cccc(CCl)c1)[P+](=O)O. The molecule has 3 N–H and O–H groups in total. The average molecular weight is 299 g/mol. The maximum atomic E-state index is 11.1. The van der Waals surface area contributed by atoms with Gasteiger partial charge in [-0.1, -0.05) is 12.1 Å². The highest BCUT2D eigenvalue weighted by atomic mass is 35.5. The first-order valence-corrected chi connectivity index (χ1v) is 7.17. The van der Waals surface area contributed by atoms with Gasteiger partial charge in [0.25, 0.3) is 0 Å². The van der Waals surface area contributed by atoms with Gasteiger partial charge in [0.1, 0.15) is 0 Å². The van der Waals surface area contributed by atoms with Crippen LogP contribution in [-0.2, 0) is 25.1 Å². The zero-order chi connectivity index (χ0) is 13.1. The Morgan fingerprint density at radius 1 is 1.35 bits per heavy atom. The summed E-state index contributed by atoms with van der Waals surface area (Å²) in [6.07, 6.45) is 0. The van der Waals surface area contributed by atoms with Gasteiger partial charge >= 0.3 is 21.8 Å². The third-order valence-electron chi connectivity index (χ3n) is 1.92. The summed E-state index contributed by atoms with van der Waals surface area (Å²) in [6, 6.07) is 5.71. The van der Waals surface area contributed by atoms with E-state index in [1.165, 1.54) is 18.2 Å². The Morgan fingerprint density at radius 3 is 2.47 bits per heavy atom. The first-order valence-electron chi connectivity index (χ1n) is 4.29. The fourth-order valence-electron chi connectivity index (χ4n) is 1.16. The van der Waals surface area contributed by atoms with Crippen LogP contribution in [0.1, 0.15) is 11.1 Å². The smallest absolute Gasteiger partial charge is 0.317 e. The van der Waals surface area contributed by atoms with Crippen LogP contribution >= 0.6 is 27.9 Å². The molecule has 0 aliphatic carbocycles. The molecule has 9 heteroatoms. The van der Waals surface area contributed by atoms with Crippen molar-refractivity contribution in [2.45, 2.75) is 11.4 Å². The summed E-state index contributed by atoms with van der Waals surface area (Å²) in [6.45, 7) is 0. The average Bonchev–Trinajstić information content (AvgIpc) is 2.28. The molecule has 17 heavy (non-hydrogen) atoms. The molecule has 0 fully saturated rings. The monoisotopic (exact) mass is 298 g/mol. The van der Waals surface area contributed by atoms with Crippen LogP contribution in [0.4, 0.5) is 0 Å². The predicted octanol–water partition coefficient (Wildman–Crippen LogP) is 1.93. The van der Waals surface area contributed by atoms with E-state index in [2.05, 4.69) is 4.52 Å². The minimum Gasteiger partial charge on any atom is -0.317 e. The predicted molar refractivity (Wildman–Crippen MR) is 60.6 cm³/mol. The lowest BCUT2D eigenvalue weighted by molar-refractivity contribution is -0.0741. The number of aliphatic hydroxyl groups is 1. The summed E-state index contributed by atoms with van der Waals surface area (Å²) in [7, 11) is -6.51. The van der Waals surface area contributed by atoms with Crippen molar-refractivity contribution in [1.82, 2.24) is 0 Å². The zero-order valence-electron chi connectivity index (χ0n) is 8.36. The van der Waals surface area contributed by atoms with Crippen molar-refractivity contribution in [3.05, 3.63) is 35.4 Å². The number of hydrogen-bond donors (Lipinski definition) is 3. The van der Waals surface area contributed by atoms with Crippen LogP contribution in [0.15, 0.2) is 24.3 Å². The largest absolute Gasteiger partial charge is 0.702 e. The molecule has 0 bridgehead atoms. The third kappa shape index (κ3) is 3.50. The van der Waals surface area contributed by atoms with Crippen LogP contribution in [0.5, 0.6) is 0 Å². The molecule has 1 rings (SSSR count). The number of hydrogen-bond acceptors (Lipinski definition) is 4. The first-order chi connectivity index (χ1) is 7.90. The van der Waals surface area contributed by atoms with E-state index in [1.54, 1.807) is 6.07 Å². The van der Waals surface area contributed by atoms with Gasteiger partial charge < -0.3 is 5.11 Å². The van der Waals surface area contributed by atoms with E-state index in [1.807, 2.05) is 0 Å². The van der Waals surface area contributed by atoms with Crippen molar-refractivity contribution in [3.63, 3.8) is 0 Å². The topological polar surface area (TPSA) is 104 Å². The zero-order valence-corrected chi connectivity index (χ0v) is 10.9. The lowest BCUT2D eigenvalue weighted by Crippen LogP contribution is -2.22. The van der Waals surface area contributed by atoms with Gasteiger partial charge in [0.2, 0.25) is 0 Å². The summed E-state index contributed by atoms with van der Waals surface area (Å²) in [5.41, 5.74) is -2.27. The van der Waals surface area contributed by atoms with Crippen LogP contribution in [0.2, 0.25) is 0 Å². The molecule has 0 aromatic heterocycles. The van der Waals surface area contributed by atoms with Gasteiger partial charge in [-0.2, -0.15) is 4.89 Å². The van der Waals surface area contributed by atoms with Crippen molar-refractivity contribution in [3.8, 4) is 0 Å². The van der Waals surface area contributed by atoms with Gasteiger partial charge in [0, 0.05) is 10.4 Å². The first kappa shape index (κ1) is 14.6. The molecule has 1 aromatic carbocycles. The molecule has 92 valence electrons. The van der Waals surface area contributed by atoms with Crippen LogP contribution in [0, 0.1) is 0 Å². The summed E-state index contributed by atoms with van der Waals surface area (Å²) in [5, 5.41) is 9.81. The maximum absolute atomic E-state index is 11.1. The van der Waals surface area contributed by atoms with Gasteiger partial charge in [0.05, 0.1) is 5.56 Å². The maximum Gasteiger partial charge on any atom is 0.702 e. The Hall–Kier alpha value is -0.450. The molecule has 0 amide bonds. The van der Waals surface area contributed by atoms with Crippen molar-refractivity contribution >= 4 is 27.9 Å². The molecule has 3 atom stereocenters. The Labute approximate surface area is 104 Å². The quantitative estimate of drug-likeness (QED) is 0.436. The molecule has 0 aliphatic heterocycles. The number of rotatable bonds is 5. The molecular formula is C8H9ClO6P2+2. The van der Waals surface area contributed by atoms with E-state index in [0.29, 0.717) is 5.56 Å². The number of halogens is 1. The van der Waals surface area contributed by atoms with Crippen molar-refractivity contribution in [2.24, 2.45) is 0 Å². The van der Waals surface area contributed by atoms with Gasteiger partial charge in [0.15, 0.2) is 0 Å². The van der Waals surface area contributed by atoms with E-state index in [4.69, 9.17) is 21.4 Å². The Kier molecular flexibility index (Phi) is 5.10. The van der Waals surface area contributed by atoms with Gasteiger partial charge in [-0.3, -0.25) is 0 Å². The Balaban J connectivity index is 3.21. The summed E-state index contributed by atoms with van der Waals surface area (Å²) in [5.74, 6) is 0.122. The highest BCUT2D eigenvalue weighted by Gasteiger charge is 2.59. The van der Waals surface area contributed by atoms with E-state index in [0.717, 1.165) is 0 Å². The molecule has 3 unspecified atom stereocenters. The minimum absolute atomic E-state index is 0.114. The normalized spacial score (nSPS) is 16.2. The molecule has 1 aromatic rings. The number of benzene rings is 1. The second-order valence-corrected chi connectivity index (χ2v) is 5.12. The Morgan fingerprint density at radius 2 is 2.00 bits per heavy atom. The summed E-state index contributed by atoms with van der Waals surface area (Å²) < 4.78 is 25.8. The lowest BCUT2D eigenvalue weighted by Gasteiger charge is -2.08. The fourth-order valence-corrected chi connectivity index (χ4v) is 2.50. The minimum atomic E-state index is -3.28.